The number of hydrogen-bond donors (Lipinski definition) is 0. The van der Waals surface area contributed by atoms with Crippen LogP contribution in [0.1, 0.15) is 18.1 Å². The minimum atomic E-state index is -0.593. The van der Waals surface area contributed by atoms with Crippen LogP contribution in [0.25, 0.3) is 11.1 Å². The second-order valence-corrected chi connectivity index (χ2v) is 8.58. The van der Waals surface area contributed by atoms with Crippen molar-refractivity contribution in [1.29, 1.82) is 0 Å². The van der Waals surface area contributed by atoms with Crippen molar-refractivity contribution >= 4 is 29.2 Å². The first kappa shape index (κ1) is 26.5. The van der Waals surface area contributed by atoms with E-state index in [0.717, 1.165) is 22.2 Å². The van der Waals surface area contributed by atoms with Crippen molar-refractivity contribution < 1.29 is 28.2 Å². The first-order valence-corrected chi connectivity index (χ1v) is 12.4. The molecule has 0 spiro atoms. The van der Waals surface area contributed by atoms with Gasteiger partial charge in [-0.1, -0.05) is 54.6 Å². The lowest BCUT2D eigenvalue weighted by molar-refractivity contribution is -0.144. The Morgan fingerprint density at radius 1 is 0.895 bits per heavy atom. The third kappa shape index (κ3) is 7.49. The maximum Gasteiger partial charge on any atom is 0.410 e. The molecule has 4 aromatic rings. The Kier molecular flexibility index (Phi) is 9.17. The highest BCUT2D eigenvalue weighted by Gasteiger charge is 2.20. The number of amides is 1. The highest BCUT2D eigenvalue weighted by molar-refractivity contribution is 5.78. The van der Waals surface area contributed by atoms with Crippen molar-refractivity contribution in [1.82, 2.24) is 9.88 Å². The lowest BCUT2D eigenvalue weighted by Crippen LogP contribution is -2.36. The number of para-hydroxylation sites is 2. The van der Waals surface area contributed by atoms with Crippen molar-refractivity contribution in [2.75, 3.05) is 38.3 Å². The van der Waals surface area contributed by atoms with Crippen LogP contribution in [-0.4, -0.2) is 55.3 Å². The van der Waals surface area contributed by atoms with E-state index in [2.05, 4.69) is 4.98 Å². The fourth-order valence-corrected chi connectivity index (χ4v) is 3.69. The van der Waals surface area contributed by atoms with E-state index in [9.17, 15) is 9.59 Å². The standard InChI is InChI=1S/C29H31N3O6/c1-3-35-27(33)20-32(29(34)37-21-23-9-5-4-6-10-23)19-22-13-15-24(16-14-22)36-18-17-31(2)28-30-25-11-7-8-12-26(25)38-28/h4-16H,3,17-21H2,1-2H3. The van der Waals surface area contributed by atoms with E-state index < -0.39 is 12.1 Å². The van der Waals surface area contributed by atoms with Crippen LogP contribution in [0.3, 0.4) is 0 Å². The van der Waals surface area contributed by atoms with Gasteiger partial charge in [-0.25, -0.2) is 4.79 Å². The molecule has 0 N–H and O–H groups in total. The Labute approximate surface area is 221 Å². The predicted molar refractivity (Wildman–Crippen MR) is 143 cm³/mol. The molecule has 0 aliphatic rings. The molecule has 0 unspecified atom stereocenters. The Balaban J connectivity index is 1.30. The smallest absolute Gasteiger partial charge is 0.410 e. The Morgan fingerprint density at radius 2 is 1.63 bits per heavy atom. The molecule has 0 saturated carbocycles. The quantitative estimate of drug-likeness (QED) is 0.241. The second-order valence-electron chi connectivity index (χ2n) is 8.58. The number of anilines is 1. The van der Waals surface area contributed by atoms with Crippen LogP contribution >= 0.6 is 0 Å². The lowest BCUT2D eigenvalue weighted by Gasteiger charge is -2.21. The maximum atomic E-state index is 12.8. The molecule has 198 valence electrons. The summed E-state index contributed by atoms with van der Waals surface area (Å²) in [6, 6.07) is 24.9. The zero-order valence-corrected chi connectivity index (χ0v) is 21.5. The summed E-state index contributed by atoms with van der Waals surface area (Å²) in [5.41, 5.74) is 3.24. The molecule has 1 amide bonds. The molecule has 0 atom stereocenters. The first-order chi connectivity index (χ1) is 18.5. The van der Waals surface area contributed by atoms with Gasteiger partial charge in [0.1, 0.15) is 31.0 Å². The van der Waals surface area contributed by atoms with Crippen molar-refractivity contribution in [2.45, 2.75) is 20.1 Å². The van der Waals surface area contributed by atoms with Crippen molar-refractivity contribution in [3.05, 3.63) is 90.0 Å². The van der Waals surface area contributed by atoms with Gasteiger partial charge in [-0.3, -0.25) is 9.69 Å². The number of ether oxygens (including phenoxy) is 3. The number of nitrogens with zero attached hydrogens (tertiary/aromatic N) is 3. The van der Waals surface area contributed by atoms with Gasteiger partial charge in [-0.15, -0.1) is 0 Å². The normalized spacial score (nSPS) is 10.7. The van der Waals surface area contributed by atoms with Gasteiger partial charge in [-0.2, -0.15) is 4.98 Å². The number of benzene rings is 3. The molecule has 0 saturated heterocycles. The zero-order chi connectivity index (χ0) is 26.7. The fraction of sp³-hybridized carbons (Fsp3) is 0.276. The van der Waals surface area contributed by atoms with Gasteiger partial charge in [0.25, 0.3) is 6.01 Å². The average molecular weight is 518 g/mol. The molecule has 38 heavy (non-hydrogen) atoms. The van der Waals surface area contributed by atoms with Gasteiger partial charge in [0, 0.05) is 13.6 Å². The van der Waals surface area contributed by atoms with Crippen molar-refractivity contribution in [3.63, 3.8) is 0 Å². The van der Waals surface area contributed by atoms with E-state index >= 15 is 0 Å². The number of rotatable bonds is 12. The topological polar surface area (TPSA) is 94.3 Å². The van der Waals surface area contributed by atoms with E-state index in [-0.39, 0.29) is 26.3 Å². The van der Waals surface area contributed by atoms with Crippen molar-refractivity contribution in [3.8, 4) is 5.75 Å². The van der Waals surface area contributed by atoms with Crippen LogP contribution in [0, 0.1) is 0 Å². The molecule has 0 fully saturated rings. The molecule has 1 aromatic heterocycles. The number of carbonyl (C=O) groups is 2. The largest absolute Gasteiger partial charge is 0.492 e. The molecule has 0 aliphatic carbocycles. The summed E-state index contributed by atoms with van der Waals surface area (Å²) in [5.74, 6) is 0.190. The number of hydrogen-bond acceptors (Lipinski definition) is 8. The molecule has 0 bridgehead atoms. The van der Waals surface area contributed by atoms with Gasteiger partial charge in [0.15, 0.2) is 5.58 Å². The number of fused-ring (bicyclic) bond motifs is 1. The van der Waals surface area contributed by atoms with Gasteiger partial charge in [-0.05, 0) is 42.3 Å². The van der Waals surface area contributed by atoms with Gasteiger partial charge in [0.2, 0.25) is 0 Å². The summed E-state index contributed by atoms with van der Waals surface area (Å²) in [7, 11) is 1.90. The highest BCUT2D eigenvalue weighted by atomic mass is 16.6. The monoisotopic (exact) mass is 517 g/mol. The number of likely N-dealkylation sites (N-methyl/N-ethyl adjacent to an activating group) is 1. The van der Waals surface area contributed by atoms with Crippen LogP contribution < -0.4 is 9.64 Å². The molecule has 0 radical (unpaired) electrons. The predicted octanol–water partition coefficient (Wildman–Crippen LogP) is 5.04. The molecule has 3 aromatic carbocycles. The van der Waals surface area contributed by atoms with Gasteiger partial charge in [0.05, 0.1) is 13.2 Å². The summed E-state index contributed by atoms with van der Waals surface area (Å²) in [6.45, 7) is 3.06. The first-order valence-electron chi connectivity index (χ1n) is 12.4. The highest BCUT2D eigenvalue weighted by Crippen LogP contribution is 2.21. The number of aromatic nitrogens is 1. The average Bonchev–Trinajstić information content (AvgIpc) is 3.38. The third-order valence-corrected chi connectivity index (χ3v) is 5.69. The summed E-state index contributed by atoms with van der Waals surface area (Å²) in [5, 5.41) is 0. The Bertz CT molecular complexity index is 1290. The maximum absolute atomic E-state index is 12.8. The number of carbonyl (C=O) groups excluding carboxylic acids is 2. The molecule has 9 nitrogen and oxygen atoms in total. The van der Waals surface area contributed by atoms with Crippen LogP contribution in [0.2, 0.25) is 0 Å². The summed E-state index contributed by atoms with van der Waals surface area (Å²) in [4.78, 5) is 32.6. The van der Waals surface area contributed by atoms with Crippen LogP contribution in [0.4, 0.5) is 10.8 Å². The van der Waals surface area contributed by atoms with E-state index in [0.29, 0.717) is 24.9 Å². The van der Waals surface area contributed by atoms with Crippen LogP contribution in [0.5, 0.6) is 5.75 Å². The zero-order valence-electron chi connectivity index (χ0n) is 21.5. The van der Waals surface area contributed by atoms with Gasteiger partial charge < -0.3 is 23.5 Å². The van der Waals surface area contributed by atoms with E-state index in [1.165, 1.54) is 4.90 Å². The molecule has 1 heterocycles. The SMILES string of the molecule is CCOC(=O)CN(Cc1ccc(OCCN(C)c2nc3ccccc3o2)cc1)C(=O)OCc1ccccc1. The van der Waals surface area contributed by atoms with E-state index in [4.69, 9.17) is 18.6 Å². The molecular weight excluding hydrogens is 486 g/mol. The van der Waals surface area contributed by atoms with Crippen molar-refractivity contribution in [2.24, 2.45) is 0 Å². The molecule has 0 aliphatic heterocycles. The minimum absolute atomic E-state index is 0.115. The summed E-state index contributed by atoms with van der Waals surface area (Å²) in [6.07, 6.45) is -0.593. The van der Waals surface area contributed by atoms with Crippen LogP contribution in [-0.2, 0) is 27.4 Å². The van der Waals surface area contributed by atoms with Crippen LogP contribution in [0.15, 0.2) is 83.3 Å². The van der Waals surface area contributed by atoms with E-state index in [1.54, 1.807) is 6.92 Å². The lowest BCUT2D eigenvalue weighted by atomic mass is 10.2. The minimum Gasteiger partial charge on any atom is -0.492 e. The Hall–Kier alpha value is -4.53. The molecular formula is C29H31N3O6. The Morgan fingerprint density at radius 3 is 2.37 bits per heavy atom. The third-order valence-electron chi connectivity index (χ3n) is 5.69. The summed E-state index contributed by atoms with van der Waals surface area (Å²) >= 11 is 0. The second kappa shape index (κ2) is 13.1. The molecule has 4 rings (SSSR count). The fourth-order valence-electron chi connectivity index (χ4n) is 3.69. The molecule has 9 heteroatoms. The summed E-state index contributed by atoms with van der Waals surface area (Å²) < 4.78 is 22.1. The number of oxazole rings is 1. The van der Waals surface area contributed by atoms with Gasteiger partial charge >= 0.3 is 12.1 Å². The number of esters is 1. The van der Waals surface area contributed by atoms with E-state index in [1.807, 2.05) is 90.8 Å².